The van der Waals surface area contributed by atoms with Gasteiger partial charge in [-0.25, -0.2) is 8.42 Å². The third-order valence-electron chi connectivity index (χ3n) is 4.92. The summed E-state index contributed by atoms with van der Waals surface area (Å²) < 4.78 is 30.1. The predicted molar refractivity (Wildman–Crippen MR) is 110 cm³/mol. The highest BCUT2D eigenvalue weighted by Crippen LogP contribution is 2.30. The number of carbonyl (C=O) groups excluding carboxylic acids is 2. The molecule has 1 amide bonds. The normalized spacial score (nSPS) is 14.6. The molecular formula is C21H24N2O5S. The van der Waals surface area contributed by atoms with E-state index in [2.05, 4.69) is 5.32 Å². The lowest BCUT2D eigenvalue weighted by Gasteiger charge is -2.29. The molecule has 0 saturated carbocycles. The zero-order valence-corrected chi connectivity index (χ0v) is 17.2. The fraction of sp³-hybridized carbons (Fsp3) is 0.333. The minimum atomic E-state index is -3.36. The fourth-order valence-corrected chi connectivity index (χ4v) is 4.47. The third-order valence-corrected chi connectivity index (χ3v) is 6.10. The van der Waals surface area contributed by atoms with Crippen molar-refractivity contribution in [2.75, 3.05) is 24.2 Å². The molecule has 1 aliphatic heterocycles. The maximum Gasteiger partial charge on any atom is 0.307 e. The zero-order chi connectivity index (χ0) is 21.0. The van der Waals surface area contributed by atoms with Crippen molar-refractivity contribution in [2.45, 2.75) is 25.3 Å². The Kier molecular flexibility index (Phi) is 6.22. The van der Waals surface area contributed by atoms with Crippen molar-refractivity contribution in [1.29, 1.82) is 0 Å². The summed E-state index contributed by atoms with van der Waals surface area (Å²) in [6.45, 7) is 0.437. The van der Waals surface area contributed by atoms with E-state index >= 15 is 0 Å². The highest BCUT2D eigenvalue weighted by Gasteiger charge is 2.25. The molecule has 0 aromatic heterocycles. The Morgan fingerprint density at radius 3 is 2.55 bits per heavy atom. The molecule has 2 aromatic rings. The standard InChI is InChI=1S/C21H24N2O5S/c1-28-20(24)14-18(15-7-4-3-5-8-15)22-21(25)17-10-11-19-16(13-17)9-6-12-23(19)29(2,26)27/h3-5,7-8,10-11,13,18H,6,9,12,14H2,1-2H3,(H,22,25). The van der Waals surface area contributed by atoms with Gasteiger partial charge in [-0.2, -0.15) is 0 Å². The summed E-state index contributed by atoms with van der Waals surface area (Å²) in [6.07, 6.45) is 2.59. The molecule has 1 atom stereocenters. The van der Waals surface area contributed by atoms with Gasteiger partial charge < -0.3 is 10.1 Å². The van der Waals surface area contributed by atoms with Crippen molar-refractivity contribution in [2.24, 2.45) is 0 Å². The van der Waals surface area contributed by atoms with E-state index in [1.807, 2.05) is 30.3 Å². The van der Waals surface area contributed by atoms with E-state index in [-0.39, 0.29) is 12.3 Å². The monoisotopic (exact) mass is 416 g/mol. The molecule has 2 aromatic carbocycles. The topological polar surface area (TPSA) is 92.8 Å². The van der Waals surface area contributed by atoms with Crippen molar-refractivity contribution in [3.63, 3.8) is 0 Å². The summed E-state index contributed by atoms with van der Waals surface area (Å²) in [5.74, 6) is -0.754. The van der Waals surface area contributed by atoms with Gasteiger partial charge in [0, 0.05) is 12.1 Å². The van der Waals surface area contributed by atoms with Gasteiger partial charge in [-0.1, -0.05) is 30.3 Å². The number of aryl methyl sites for hydroxylation is 1. The maximum absolute atomic E-state index is 12.9. The number of nitrogens with one attached hydrogen (secondary N) is 1. The number of ether oxygens (including phenoxy) is 1. The Morgan fingerprint density at radius 1 is 1.17 bits per heavy atom. The number of esters is 1. The Balaban J connectivity index is 1.84. The number of carbonyl (C=O) groups is 2. The van der Waals surface area contributed by atoms with E-state index in [1.54, 1.807) is 18.2 Å². The lowest BCUT2D eigenvalue weighted by atomic mass is 9.99. The Morgan fingerprint density at radius 2 is 1.90 bits per heavy atom. The van der Waals surface area contributed by atoms with Crippen LogP contribution in [-0.2, 0) is 26.0 Å². The van der Waals surface area contributed by atoms with Crippen LogP contribution in [0.1, 0.15) is 40.4 Å². The molecule has 0 spiro atoms. The van der Waals surface area contributed by atoms with Crippen LogP contribution in [0, 0.1) is 0 Å². The van der Waals surface area contributed by atoms with E-state index in [1.165, 1.54) is 17.7 Å². The number of hydrogen-bond acceptors (Lipinski definition) is 5. The quantitative estimate of drug-likeness (QED) is 0.730. The van der Waals surface area contributed by atoms with E-state index in [9.17, 15) is 18.0 Å². The van der Waals surface area contributed by atoms with Gasteiger partial charge in [-0.05, 0) is 42.2 Å². The number of benzene rings is 2. The minimum absolute atomic E-state index is 0.0129. The van der Waals surface area contributed by atoms with Crippen molar-refractivity contribution in [1.82, 2.24) is 5.32 Å². The molecule has 1 unspecified atom stereocenters. The molecule has 1 aliphatic rings. The number of sulfonamides is 1. The highest BCUT2D eigenvalue weighted by molar-refractivity contribution is 7.92. The largest absolute Gasteiger partial charge is 0.469 e. The van der Waals surface area contributed by atoms with Gasteiger partial charge in [0.25, 0.3) is 5.91 Å². The van der Waals surface area contributed by atoms with Gasteiger partial charge in [-0.15, -0.1) is 0 Å². The second-order valence-electron chi connectivity index (χ2n) is 7.00. The molecule has 8 heteroatoms. The van der Waals surface area contributed by atoms with Gasteiger partial charge in [0.15, 0.2) is 0 Å². The lowest BCUT2D eigenvalue weighted by Crippen LogP contribution is -2.35. The van der Waals surface area contributed by atoms with Crippen LogP contribution in [0.5, 0.6) is 0 Å². The van der Waals surface area contributed by atoms with Crippen molar-refractivity contribution in [3.05, 3.63) is 65.2 Å². The van der Waals surface area contributed by atoms with E-state index in [4.69, 9.17) is 4.74 Å². The van der Waals surface area contributed by atoms with Crippen molar-refractivity contribution < 1.29 is 22.7 Å². The van der Waals surface area contributed by atoms with E-state index < -0.39 is 22.0 Å². The Labute approximate surface area is 170 Å². The molecule has 0 aliphatic carbocycles. The van der Waals surface area contributed by atoms with Crippen LogP contribution in [-0.4, -0.2) is 40.2 Å². The van der Waals surface area contributed by atoms with Crippen LogP contribution in [0.15, 0.2) is 48.5 Å². The van der Waals surface area contributed by atoms with Gasteiger partial charge in [0.2, 0.25) is 10.0 Å². The lowest BCUT2D eigenvalue weighted by molar-refractivity contribution is -0.141. The maximum atomic E-state index is 12.9. The summed E-state index contributed by atoms with van der Waals surface area (Å²) in [5, 5.41) is 2.89. The second kappa shape index (κ2) is 8.65. The molecule has 3 rings (SSSR count). The third kappa shape index (κ3) is 4.95. The molecule has 154 valence electrons. The molecule has 0 bridgehead atoms. The second-order valence-corrected chi connectivity index (χ2v) is 8.91. The first kappa shape index (κ1) is 20.9. The molecule has 0 radical (unpaired) electrons. The molecule has 1 heterocycles. The van der Waals surface area contributed by atoms with Gasteiger partial charge in [0.1, 0.15) is 0 Å². The molecule has 0 fully saturated rings. The summed E-state index contributed by atoms with van der Waals surface area (Å²) >= 11 is 0. The first-order valence-electron chi connectivity index (χ1n) is 9.33. The highest BCUT2D eigenvalue weighted by atomic mass is 32.2. The molecule has 7 nitrogen and oxygen atoms in total. The summed E-state index contributed by atoms with van der Waals surface area (Å²) in [4.78, 5) is 24.7. The van der Waals surface area contributed by atoms with Crippen LogP contribution >= 0.6 is 0 Å². The number of hydrogen-bond donors (Lipinski definition) is 1. The SMILES string of the molecule is COC(=O)CC(NC(=O)c1ccc2c(c1)CCCN2S(C)(=O)=O)c1ccccc1. The van der Waals surface area contributed by atoms with Crippen molar-refractivity contribution >= 4 is 27.6 Å². The number of rotatable bonds is 6. The molecular weight excluding hydrogens is 392 g/mol. The summed E-state index contributed by atoms with van der Waals surface area (Å²) in [5.41, 5.74) is 2.65. The average Bonchev–Trinajstić information content (AvgIpc) is 2.72. The minimum Gasteiger partial charge on any atom is -0.469 e. The van der Waals surface area contributed by atoms with Gasteiger partial charge >= 0.3 is 5.97 Å². The van der Waals surface area contributed by atoms with Crippen LogP contribution in [0.4, 0.5) is 5.69 Å². The van der Waals surface area contributed by atoms with Crippen LogP contribution in [0.2, 0.25) is 0 Å². The zero-order valence-electron chi connectivity index (χ0n) is 16.4. The van der Waals surface area contributed by atoms with E-state index in [0.717, 1.165) is 11.1 Å². The number of methoxy groups -OCH3 is 1. The smallest absolute Gasteiger partial charge is 0.307 e. The van der Waals surface area contributed by atoms with Crippen LogP contribution in [0.3, 0.4) is 0 Å². The van der Waals surface area contributed by atoms with Crippen molar-refractivity contribution in [3.8, 4) is 0 Å². The molecule has 29 heavy (non-hydrogen) atoms. The number of anilines is 1. The Hall–Kier alpha value is -2.87. The average molecular weight is 416 g/mol. The van der Waals surface area contributed by atoms with Gasteiger partial charge in [0.05, 0.1) is 31.5 Å². The van der Waals surface area contributed by atoms with E-state index in [0.29, 0.717) is 30.6 Å². The van der Waals surface area contributed by atoms with Crippen LogP contribution < -0.4 is 9.62 Å². The summed E-state index contributed by atoms with van der Waals surface area (Å²) in [7, 11) is -2.05. The Bertz CT molecular complexity index is 1000. The van der Waals surface area contributed by atoms with Crippen LogP contribution in [0.25, 0.3) is 0 Å². The number of nitrogens with zero attached hydrogens (tertiary/aromatic N) is 1. The first-order valence-corrected chi connectivity index (χ1v) is 11.2. The molecule has 0 saturated heterocycles. The fourth-order valence-electron chi connectivity index (χ4n) is 3.48. The first-order chi connectivity index (χ1) is 13.8. The number of amides is 1. The number of fused-ring (bicyclic) bond motifs is 1. The molecule has 1 N–H and O–H groups in total. The predicted octanol–water partition coefficient (Wildman–Crippen LogP) is 2.43. The summed E-state index contributed by atoms with van der Waals surface area (Å²) in [6, 6.07) is 13.7. The van der Waals surface area contributed by atoms with Gasteiger partial charge in [-0.3, -0.25) is 13.9 Å².